The highest BCUT2D eigenvalue weighted by Gasteiger charge is 2.26. The minimum atomic E-state index is 0.133. The van der Waals surface area contributed by atoms with Crippen molar-refractivity contribution >= 4 is 44.8 Å². The number of nitrogens with zero attached hydrogens (tertiary/aromatic N) is 1. The lowest BCUT2D eigenvalue weighted by Crippen LogP contribution is -2.40. The van der Waals surface area contributed by atoms with Crippen molar-refractivity contribution in [2.75, 3.05) is 11.9 Å². The normalized spacial score (nSPS) is 21.3. The highest BCUT2D eigenvalue weighted by atomic mass is 79.9. The van der Waals surface area contributed by atoms with Crippen molar-refractivity contribution in [1.82, 2.24) is 4.90 Å². The minimum absolute atomic E-state index is 0.133. The van der Waals surface area contributed by atoms with Crippen molar-refractivity contribution in [2.24, 2.45) is 0 Å². The Morgan fingerprint density at radius 1 is 1.47 bits per heavy atom. The molecule has 0 aromatic carbocycles. The Morgan fingerprint density at radius 3 is 2.94 bits per heavy atom. The first-order valence-corrected chi connectivity index (χ1v) is 8.16. The fraction of sp³-hybridized carbons (Fsp3) is 0.583. The summed E-state index contributed by atoms with van der Waals surface area (Å²) in [6.45, 7) is 0.866. The molecule has 17 heavy (non-hydrogen) atoms. The summed E-state index contributed by atoms with van der Waals surface area (Å²) in [5, 5.41) is 0.859. The van der Waals surface area contributed by atoms with E-state index in [4.69, 9.17) is 11.6 Å². The fourth-order valence-corrected chi connectivity index (χ4v) is 3.85. The molecule has 0 radical (unpaired) electrons. The molecule has 2 rings (SSSR count). The van der Waals surface area contributed by atoms with E-state index >= 15 is 0 Å². The highest BCUT2D eigenvalue weighted by molar-refractivity contribution is 9.09. The van der Waals surface area contributed by atoms with Gasteiger partial charge in [0.05, 0.1) is 9.21 Å². The summed E-state index contributed by atoms with van der Waals surface area (Å²) >= 11 is 10.8. The first kappa shape index (κ1) is 13.4. The zero-order valence-corrected chi connectivity index (χ0v) is 12.7. The van der Waals surface area contributed by atoms with Gasteiger partial charge in [0.15, 0.2) is 0 Å². The molecular formula is C12H15BrClNOS. The quantitative estimate of drug-likeness (QED) is 0.742. The average Bonchev–Trinajstić information content (AvgIpc) is 2.64. The summed E-state index contributed by atoms with van der Waals surface area (Å²) in [7, 11) is 0. The number of hydrogen-bond donors (Lipinski definition) is 0. The number of carbonyl (C=O) groups is 1. The van der Waals surface area contributed by atoms with Gasteiger partial charge in [0.25, 0.3) is 5.91 Å². The fourth-order valence-electron chi connectivity index (χ4n) is 2.18. The smallest absolute Gasteiger partial charge is 0.264 e. The lowest BCUT2D eigenvalue weighted by molar-refractivity contribution is 0.0707. The Bertz CT molecular complexity index is 396. The number of amides is 1. The van der Waals surface area contributed by atoms with Crippen LogP contribution in [0.15, 0.2) is 12.1 Å². The first-order valence-electron chi connectivity index (χ1n) is 5.84. The van der Waals surface area contributed by atoms with Crippen molar-refractivity contribution < 1.29 is 4.79 Å². The molecule has 2 nitrogen and oxygen atoms in total. The number of alkyl halides is 1. The number of hydrogen-bond acceptors (Lipinski definition) is 2. The Hall–Kier alpha value is -0.0600. The van der Waals surface area contributed by atoms with Crippen molar-refractivity contribution in [3.05, 3.63) is 21.3 Å². The average molecular weight is 337 g/mol. The highest BCUT2D eigenvalue weighted by Crippen LogP contribution is 2.26. The molecule has 1 aromatic heterocycles. The zero-order chi connectivity index (χ0) is 12.3. The molecule has 0 bridgehead atoms. The van der Waals surface area contributed by atoms with Gasteiger partial charge < -0.3 is 4.90 Å². The Morgan fingerprint density at radius 2 is 2.29 bits per heavy atom. The second-order valence-corrected chi connectivity index (χ2v) is 6.62. The number of rotatable bonds is 2. The van der Waals surface area contributed by atoms with Crippen molar-refractivity contribution in [3.8, 4) is 0 Å². The summed E-state index contributed by atoms with van der Waals surface area (Å²) in [6.07, 6.45) is 4.63. The Balaban J connectivity index is 2.15. The third kappa shape index (κ3) is 3.24. The van der Waals surface area contributed by atoms with Crippen molar-refractivity contribution in [1.29, 1.82) is 0 Å². The largest absolute Gasteiger partial charge is 0.334 e. The molecule has 2 heterocycles. The number of thiophene rings is 1. The summed E-state index contributed by atoms with van der Waals surface area (Å²) < 4.78 is 0.679. The van der Waals surface area contributed by atoms with Gasteiger partial charge in [-0.2, -0.15) is 0 Å². The summed E-state index contributed by atoms with van der Waals surface area (Å²) in [4.78, 5) is 15.1. The van der Waals surface area contributed by atoms with E-state index in [9.17, 15) is 4.79 Å². The van der Waals surface area contributed by atoms with E-state index in [2.05, 4.69) is 15.9 Å². The second kappa shape index (κ2) is 6.21. The standard InChI is InChI=1S/C12H15BrClNOS/c13-8-9-4-2-1-3-7-15(9)12(16)10-5-6-11(14)17-10/h5-6,9H,1-4,7-8H2. The molecule has 0 spiro atoms. The second-order valence-electron chi connectivity index (χ2n) is 4.26. The van der Waals surface area contributed by atoms with E-state index < -0.39 is 0 Å². The molecule has 94 valence electrons. The van der Waals surface area contributed by atoms with Crippen LogP contribution in [0.25, 0.3) is 0 Å². The number of likely N-dealkylation sites (tertiary alicyclic amines) is 1. The van der Waals surface area contributed by atoms with E-state index in [1.165, 1.54) is 24.2 Å². The number of halogens is 2. The maximum Gasteiger partial charge on any atom is 0.264 e. The first-order chi connectivity index (χ1) is 8.22. The van der Waals surface area contributed by atoms with Gasteiger partial charge in [0, 0.05) is 17.9 Å². The van der Waals surface area contributed by atoms with Crippen LogP contribution >= 0.6 is 38.9 Å². The number of carbonyl (C=O) groups excluding carboxylic acids is 1. The van der Waals surface area contributed by atoms with Crippen LogP contribution in [0.1, 0.15) is 35.4 Å². The molecule has 0 N–H and O–H groups in total. The van der Waals surface area contributed by atoms with Gasteiger partial charge in [-0.3, -0.25) is 4.79 Å². The van der Waals surface area contributed by atoms with Crippen LogP contribution in [-0.2, 0) is 0 Å². The van der Waals surface area contributed by atoms with E-state index in [1.54, 1.807) is 6.07 Å². The van der Waals surface area contributed by atoms with Crippen LogP contribution in [0.4, 0.5) is 0 Å². The summed E-state index contributed by atoms with van der Waals surface area (Å²) in [6, 6.07) is 3.94. The molecule has 1 unspecified atom stereocenters. The molecular weight excluding hydrogens is 322 g/mol. The lowest BCUT2D eigenvalue weighted by Gasteiger charge is -2.28. The van der Waals surface area contributed by atoms with Crippen LogP contribution in [0.3, 0.4) is 0 Å². The van der Waals surface area contributed by atoms with Gasteiger partial charge in [-0.15, -0.1) is 11.3 Å². The van der Waals surface area contributed by atoms with E-state index in [0.29, 0.717) is 10.4 Å². The van der Waals surface area contributed by atoms with E-state index in [1.807, 2.05) is 11.0 Å². The minimum Gasteiger partial charge on any atom is -0.334 e. The maximum atomic E-state index is 12.4. The third-order valence-corrected chi connectivity index (χ3v) is 5.07. The van der Waals surface area contributed by atoms with E-state index in [0.717, 1.165) is 29.6 Å². The lowest BCUT2D eigenvalue weighted by atomic mass is 10.1. The Labute approximate surface area is 119 Å². The van der Waals surface area contributed by atoms with Gasteiger partial charge in [-0.25, -0.2) is 0 Å². The summed E-state index contributed by atoms with van der Waals surface area (Å²) in [5.41, 5.74) is 0. The maximum absolute atomic E-state index is 12.4. The van der Waals surface area contributed by atoms with Gasteiger partial charge in [-0.05, 0) is 25.0 Å². The summed E-state index contributed by atoms with van der Waals surface area (Å²) in [5.74, 6) is 0.133. The molecule has 0 aliphatic carbocycles. The van der Waals surface area contributed by atoms with Gasteiger partial charge in [0.2, 0.25) is 0 Å². The van der Waals surface area contributed by atoms with Crippen molar-refractivity contribution in [2.45, 2.75) is 31.7 Å². The van der Waals surface area contributed by atoms with Crippen LogP contribution in [-0.4, -0.2) is 28.7 Å². The van der Waals surface area contributed by atoms with Crippen molar-refractivity contribution in [3.63, 3.8) is 0 Å². The van der Waals surface area contributed by atoms with Gasteiger partial charge in [0.1, 0.15) is 0 Å². The SMILES string of the molecule is O=C(c1ccc(Cl)s1)N1CCCCCC1CBr. The molecule has 1 saturated heterocycles. The van der Waals surface area contributed by atoms with Gasteiger partial charge in [-0.1, -0.05) is 40.4 Å². The molecule has 1 aliphatic heterocycles. The topological polar surface area (TPSA) is 20.3 Å². The molecule has 1 fully saturated rings. The molecule has 0 saturated carbocycles. The third-order valence-electron chi connectivity index (χ3n) is 3.10. The van der Waals surface area contributed by atoms with Gasteiger partial charge >= 0.3 is 0 Å². The molecule has 1 amide bonds. The van der Waals surface area contributed by atoms with Crippen LogP contribution in [0, 0.1) is 0 Å². The predicted molar refractivity (Wildman–Crippen MR) is 76.4 cm³/mol. The van der Waals surface area contributed by atoms with Crippen LogP contribution in [0.2, 0.25) is 4.34 Å². The predicted octanol–water partition coefficient (Wildman–Crippen LogP) is 4.18. The van der Waals surface area contributed by atoms with E-state index in [-0.39, 0.29) is 5.91 Å². The zero-order valence-electron chi connectivity index (χ0n) is 9.49. The molecule has 5 heteroatoms. The molecule has 1 aliphatic rings. The van der Waals surface area contributed by atoms with Crippen LogP contribution < -0.4 is 0 Å². The molecule has 1 atom stereocenters. The Kier molecular flexibility index (Phi) is 4.88. The van der Waals surface area contributed by atoms with Crippen LogP contribution in [0.5, 0.6) is 0 Å². The monoisotopic (exact) mass is 335 g/mol. The molecule has 1 aromatic rings.